The van der Waals surface area contributed by atoms with Gasteiger partial charge in [0, 0.05) is 19.6 Å². The maximum atomic E-state index is 5.57. The fraction of sp³-hybridized carbons (Fsp3) is 0.538. The van der Waals surface area contributed by atoms with Crippen molar-refractivity contribution in [1.29, 1.82) is 0 Å². The minimum atomic E-state index is 0.705. The maximum absolute atomic E-state index is 5.57. The first-order chi connectivity index (χ1) is 7.71. The van der Waals surface area contributed by atoms with E-state index in [1.54, 1.807) is 7.11 Å². The van der Waals surface area contributed by atoms with Crippen molar-refractivity contribution in [1.82, 2.24) is 4.90 Å². The molecule has 2 N–H and O–H groups in total. The monoisotopic (exact) mass is 222 g/mol. The minimum Gasteiger partial charge on any atom is -0.496 e. The molecule has 16 heavy (non-hydrogen) atoms. The largest absolute Gasteiger partial charge is 0.496 e. The molecule has 0 heterocycles. The van der Waals surface area contributed by atoms with Crippen LogP contribution in [0.2, 0.25) is 0 Å². The lowest BCUT2D eigenvalue weighted by molar-refractivity contribution is 0.287. The maximum Gasteiger partial charge on any atom is 0.122 e. The summed E-state index contributed by atoms with van der Waals surface area (Å²) in [6.07, 6.45) is 0. The van der Waals surface area contributed by atoms with E-state index in [2.05, 4.69) is 36.9 Å². The van der Waals surface area contributed by atoms with Crippen LogP contribution in [-0.2, 0) is 6.54 Å². The summed E-state index contributed by atoms with van der Waals surface area (Å²) in [5.74, 6) is 0.960. The van der Waals surface area contributed by atoms with Gasteiger partial charge in [-0.1, -0.05) is 19.1 Å². The van der Waals surface area contributed by atoms with E-state index in [0.29, 0.717) is 6.54 Å². The molecule has 0 fully saturated rings. The lowest BCUT2D eigenvalue weighted by atomic mass is 10.1. The molecule has 0 aromatic heterocycles. The normalized spacial score (nSPS) is 10.8. The molecule has 1 rings (SSSR count). The van der Waals surface area contributed by atoms with Crippen LogP contribution in [0.3, 0.4) is 0 Å². The third-order valence-electron chi connectivity index (χ3n) is 2.77. The fourth-order valence-corrected chi connectivity index (χ4v) is 1.75. The van der Waals surface area contributed by atoms with Crippen molar-refractivity contribution in [2.45, 2.75) is 20.4 Å². The highest BCUT2D eigenvalue weighted by atomic mass is 16.5. The number of ether oxygens (including phenoxy) is 1. The van der Waals surface area contributed by atoms with Crippen molar-refractivity contribution in [2.75, 3.05) is 26.7 Å². The predicted molar refractivity (Wildman–Crippen MR) is 67.7 cm³/mol. The molecular formula is C13H22N2O. The third-order valence-corrected chi connectivity index (χ3v) is 2.77. The minimum absolute atomic E-state index is 0.705. The molecule has 3 nitrogen and oxygen atoms in total. The number of likely N-dealkylation sites (N-methyl/N-ethyl adjacent to an activating group) is 1. The summed E-state index contributed by atoms with van der Waals surface area (Å²) in [5, 5.41) is 0. The zero-order chi connectivity index (χ0) is 12.0. The Morgan fingerprint density at radius 1 is 1.38 bits per heavy atom. The number of nitrogens with two attached hydrogens (primary N) is 1. The van der Waals surface area contributed by atoms with Gasteiger partial charge in [-0.3, -0.25) is 4.90 Å². The van der Waals surface area contributed by atoms with Crippen molar-refractivity contribution in [2.24, 2.45) is 5.73 Å². The Morgan fingerprint density at radius 3 is 2.69 bits per heavy atom. The zero-order valence-corrected chi connectivity index (χ0v) is 10.5. The third kappa shape index (κ3) is 3.51. The molecule has 0 aliphatic rings. The molecule has 0 saturated heterocycles. The number of hydrogen-bond acceptors (Lipinski definition) is 3. The quantitative estimate of drug-likeness (QED) is 0.797. The molecule has 1 aromatic rings. The summed E-state index contributed by atoms with van der Waals surface area (Å²) < 4.78 is 5.32. The Morgan fingerprint density at radius 2 is 2.12 bits per heavy atom. The standard InChI is InChI=1S/C13H22N2O/c1-4-15(8-7-14)10-12-6-5-11(2)13(9-12)16-3/h5-6,9H,4,7-8,10,14H2,1-3H3. The van der Waals surface area contributed by atoms with Gasteiger partial charge in [0.2, 0.25) is 0 Å². The molecule has 90 valence electrons. The lowest BCUT2D eigenvalue weighted by Crippen LogP contribution is -2.28. The average molecular weight is 222 g/mol. The molecular weight excluding hydrogens is 200 g/mol. The van der Waals surface area contributed by atoms with E-state index in [9.17, 15) is 0 Å². The second-order valence-electron chi connectivity index (χ2n) is 3.96. The Labute approximate surface area is 98.2 Å². The van der Waals surface area contributed by atoms with Crippen LogP contribution in [0.1, 0.15) is 18.1 Å². The zero-order valence-electron chi connectivity index (χ0n) is 10.5. The Kier molecular flexibility index (Phi) is 5.29. The van der Waals surface area contributed by atoms with E-state index >= 15 is 0 Å². The summed E-state index contributed by atoms with van der Waals surface area (Å²) in [6.45, 7) is 7.81. The van der Waals surface area contributed by atoms with E-state index in [4.69, 9.17) is 10.5 Å². The Balaban J connectivity index is 2.72. The summed E-state index contributed by atoms with van der Waals surface area (Å²) >= 11 is 0. The predicted octanol–water partition coefficient (Wildman–Crippen LogP) is 1.78. The van der Waals surface area contributed by atoms with Crippen LogP contribution >= 0.6 is 0 Å². The van der Waals surface area contributed by atoms with Gasteiger partial charge in [0.1, 0.15) is 5.75 Å². The molecule has 0 amide bonds. The van der Waals surface area contributed by atoms with Crippen LogP contribution in [0, 0.1) is 6.92 Å². The van der Waals surface area contributed by atoms with E-state index < -0.39 is 0 Å². The first kappa shape index (κ1) is 13.0. The number of aryl methyl sites for hydroxylation is 1. The molecule has 3 heteroatoms. The topological polar surface area (TPSA) is 38.5 Å². The summed E-state index contributed by atoms with van der Waals surface area (Å²) in [7, 11) is 1.71. The molecule has 0 saturated carbocycles. The van der Waals surface area contributed by atoms with Crippen molar-refractivity contribution < 1.29 is 4.74 Å². The van der Waals surface area contributed by atoms with E-state index in [-0.39, 0.29) is 0 Å². The number of benzene rings is 1. The van der Waals surface area contributed by atoms with Gasteiger partial charge in [-0.05, 0) is 30.7 Å². The molecule has 0 unspecified atom stereocenters. The molecule has 0 bridgehead atoms. The molecule has 0 aliphatic heterocycles. The molecule has 0 spiro atoms. The SMILES string of the molecule is CCN(CCN)Cc1ccc(C)c(OC)c1. The van der Waals surface area contributed by atoms with Gasteiger partial charge in [0.25, 0.3) is 0 Å². The van der Waals surface area contributed by atoms with E-state index in [0.717, 1.165) is 25.4 Å². The Bertz CT molecular complexity index is 326. The first-order valence-electron chi connectivity index (χ1n) is 5.77. The average Bonchev–Trinajstić information content (AvgIpc) is 2.30. The fourth-order valence-electron chi connectivity index (χ4n) is 1.75. The highest BCUT2D eigenvalue weighted by molar-refractivity contribution is 5.36. The highest BCUT2D eigenvalue weighted by Gasteiger charge is 2.05. The lowest BCUT2D eigenvalue weighted by Gasteiger charge is -2.20. The van der Waals surface area contributed by atoms with Gasteiger partial charge in [-0.2, -0.15) is 0 Å². The second kappa shape index (κ2) is 6.51. The summed E-state index contributed by atoms with van der Waals surface area (Å²) in [6, 6.07) is 6.36. The smallest absolute Gasteiger partial charge is 0.122 e. The van der Waals surface area contributed by atoms with Crippen LogP contribution in [-0.4, -0.2) is 31.6 Å². The van der Waals surface area contributed by atoms with Crippen LogP contribution in [0.25, 0.3) is 0 Å². The van der Waals surface area contributed by atoms with Gasteiger partial charge in [0.15, 0.2) is 0 Å². The second-order valence-corrected chi connectivity index (χ2v) is 3.96. The number of nitrogens with zero attached hydrogens (tertiary/aromatic N) is 1. The van der Waals surface area contributed by atoms with Gasteiger partial charge < -0.3 is 10.5 Å². The number of methoxy groups -OCH3 is 1. The van der Waals surface area contributed by atoms with Crippen molar-refractivity contribution in [3.05, 3.63) is 29.3 Å². The van der Waals surface area contributed by atoms with Crippen molar-refractivity contribution in [3.8, 4) is 5.75 Å². The Hall–Kier alpha value is -1.06. The van der Waals surface area contributed by atoms with Crippen LogP contribution in [0.15, 0.2) is 18.2 Å². The number of rotatable bonds is 6. The van der Waals surface area contributed by atoms with Gasteiger partial charge in [0.05, 0.1) is 7.11 Å². The molecule has 0 atom stereocenters. The van der Waals surface area contributed by atoms with Gasteiger partial charge >= 0.3 is 0 Å². The highest BCUT2D eigenvalue weighted by Crippen LogP contribution is 2.19. The van der Waals surface area contributed by atoms with E-state index in [1.807, 2.05) is 0 Å². The molecule has 0 radical (unpaired) electrons. The first-order valence-corrected chi connectivity index (χ1v) is 5.77. The van der Waals surface area contributed by atoms with Gasteiger partial charge in [-0.25, -0.2) is 0 Å². The van der Waals surface area contributed by atoms with Crippen LogP contribution < -0.4 is 10.5 Å². The molecule has 0 aliphatic carbocycles. The summed E-state index contributed by atoms with van der Waals surface area (Å²) in [4.78, 5) is 2.32. The van der Waals surface area contributed by atoms with Crippen LogP contribution in [0.5, 0.6) is 5.75 Å². The van der Waals surface area contributed by atoms with Crippen molar-refractivity contribution in [3.63, 3.8) is 0 Å². The van der Waals surface area contributed by atoms with Gasteiger partial charge in [-0.15, -0.1) is 0 Å². The van der Waals surface area contributed by atoms with Crippen molar-refractivity contribution >= 4 is 0 Å². The van der Waals surface area contributed by atoms with Crippen LogP contribution in [0.4, 0.5) is 0 Å². The number of hydrogen-bond donors (Lipinski definition) is 1. The summed E-state index contributed by atoms with van der Waals surface area (Å²) in [5.41, 5.74) is 8.02. The van der Waals surface area contributed by atoms with E-state index in [1.165, 1.54) is 11.1 Å². The molecule has 1 aromatic carbocycles.